The quantitative estimate of drug-likeness (QED) is 0.0228. The standard InChI is InChI=1S/C73H124O12/c1-4-7-10-13-16-19-22-25-28-31-33-36-38-41-44-47-50-53-56-59-65(74)81-62-64(83-66(75)60-57-54-51-48-45-42-39-35-30-27-24-21-18-15-12-9-6-3)63-82-73-71(69(78)68(77)70(85-73)72(79)80)84-67(76)61-58-55-52-49-46-43-40-37-34-32-29-26-23-20-17-14-11-8-5-2/h16-21,25-30,33,36,64,68-71,73,77-78H,4-15,22-24,31-32,34-35,37-63H2,1-3H3,(H,79,80)/b19-16-,20-17-,21-18-,28-25-,29-26-,30-27-,36-33-. The second-order valence-corrected chi connectivity index (χ2v) is 23.5. The lowest BCUT2D eigenvalue weighted by Gasteiger charge is -2.40. The Balaban J connectivity index is 2.65. The molecule has 0 spiro atoms. The summed E-state index contributed by atoms with van der Waals surface area (Å²) in [5.74, 6) is -3.14. The van der Waals surface area contributed by atoms with Crippen LogP contribution in [0.15, 0.2) is 85.1 Å². The fraction of sp³-hybridized carbons (Fsp3) is 0.753. The van der Waals surface area contributed by atoms with E-state index in [9.17, 15) is 34.5 Å². The Kier molecular flexibility index (Phi) is 55.9. The summed E-state index contributed by atoms with van der Waals surface area (Å²) in [6.07, 6.45) is 66.6. The highest BCUT2D eigenvalue weighted by molar-refractivity contribution is 5.74. The zero-order valence-corrected chi connectivity index (χ0v) is 54.1. The Bertz CT molecular complexity index is 1800. The first-order chi connectivity index (χ1) is 41.6. The van der Waals surface area contributed by atoms with Crippen LogP contribution in [0.25, 0.3) is 0 Å². The minimum absolute atomic E-state index is 0.0513. The molecule has 1 aliphatic heterocycles. The summed E-state index contributed by atoms with van der Waals surface area (Å²) in [6, 6.07) is 0. The number of aliphatic hydroxyl groups is 2. The van der Waals surface area contributed by atoms with Gasteiger partial charge in [0.05, 0.1) is 6.61 Å². The molecule has 1 aliphatic rings. The molecule has 85 heavy (non-hydrogen) atoms. The van der Waals surface area contributed by atoms with Gasteiger partial charge in [-0.15, -0.1) is 0 Å². The predicted molar refractivity (Wildman–Crippen MR) is 349 cm³/mol. The first-order valence-corrected chi connectivity index (χ1v) is 34.6. The van der Waals surface area contributed by atoms with Gasteiger partial charge >= 0.3 is 23.9 Å². The van der Waals surface area contributed by atoms with E-state index < -0.39 is 67.3 Å². The van der Waals surface area contributed by atoms with Crippen LogP contribution in [0.3, 0.4) is 0 Å². The summed E-state index contributed by atoms with van der Waals surface area (Å²) in [5, 5.41) is 31.7. The highest BCUT2D eigenvalue weighted by atomic mass is 16.7. The molecule has 3 N–H and O–H groups in total. The van der Waals surface area contributed by atoms with Crippen molar-refractivity contribution in [3.05, 3.63) is 85.1 Å². The van der Waals surface area contributed by atoms with E-state index in [2.05, 4.69) is 106 Å². The highest BCUT2D eigenvalue weighted by Gasteiger charge is 2.50. The summed E-state index contributed by atoms with van der Waals surface area (Å²) in [6.45, 7) is 5.94. The van der Waals surface area contributed by atoms with Crippen LogP contribution < -0.4 is 0 Å². The van der Waals surface area contributed by atoms with Crippen molar-refractivity contribution >= 4 is 23.9 Å². The van der Waals surface area contributed by atoms with Crippen molar-refractivity contribution in [2.75, 3.05) is 13.2 Å². The Hall–Kier alpha value is -4.10. The summed E-state index contributed by atoms with van der Waals surface area (Å²) in [4.78, 5) is 51.5. The summed E-state index contributed by atoms with van der Waals surface area (Å²) in [5.41, 5.74) is 0. The molecule has 0 radical (unpaired) electrons. The molecular formula is C73H124O12. The van der Waals surface area contributed by atoms with Crippen LogP contribution in [-0.4, -0.2) is 89.2 Å². The average molecular weight is 1190 g/mol. The summed E-state index contributed by atoms with van der Waals surface area (Å²) < 4.78 is 28.6. The van der Waals surface area contributed by atoms with Gasteiger partial charge in [0.2, 0.25) is 0 Å². The third-order valence-electron chi connectivity index (χ3n) is 15.4. The molecule has 1 rings (SSSR count). The Labute approximate surface area is 518 Å². The highest BCUT2D eigenvalue weighted by Crippen LogP contribution is 2.27. The fourth-order valence-corrected chi connectivity index (χ4v) is 10.1. The molecule has 0 aromatic heterocycles. The third kappa shape index (κ3) is 49.6. The normalized spacial score (nSPS) is 18.0. The number of allylic oxidation sites excluding steroid dienone is 14. The number of carboxylic acid groups (broad SMARTS) is 1. The lowest BCUT2D eigenvalue weighted by Crippen LogP contribution is -2.61. The van der Waals surface area contributed by atoms with Crippen LogP contribution in [0, 0.1) is 0 Å². The number of carbonyl (C=O) groups is 4. The maximum Gasteiger partial charge on any atom is 0.335 e. The predicted octanol–water partition coefficient (Wildman–Crippen LogP) is 19.0. The van der Waals surface area contributed by atoms with E-state index in [-0.39, 0.29) is 25.9 Å². The Morgan fingerprint density at radius 3 is 1.07 bits per heavy atom. The number of ether oxygens (including phenoxy) is 5. The third-order valence-corrected chi connectivity index (χ3v) is 15.4. The Morgan fingerprint density at radius 2 is 0.706 bits per heavy atom. The van der Waals surface area contributed by atoms with Crippen LogP contribution in [0.5, 0.6) is 0 Å². The summed E-state index contributed by atoms with van der Waals surface area (Å²) >= 11 is 0. The van der Waals surface area contributed by atoms with Gasteiger partial charge in [0, 0.05) is 19.3 Å². The van der Waals surface area contributed by atoms with Gasteiger partial charge in [0.1, 0.15) is 18.8 Å². The number of esters is 3. The van der Waals surface area contributed by atoms with Crippen molar-refractivity contribution in [2.24, 2.45) is 0 Å². The first kappa shape index (κ1) is 78.9. The smallest absolute Gasteiger partial charge is 0.335 e. The van der Waals surface area contributed by atoms with Crippen LogP contribution in [0.4, 0.5) is 0 Å². The number of aliphatic hydroxyl groups excluding tert-OH is 2. The van der Waals surface area contributed by atoms with Gasteiger partial charge in [-0.2, -0.15) is 0 Å². The topological polar surface area (TPSA) is 175 Å². The molecule has 1 heterocycles. The maximum absolute atomic E-state index is 13.2. The molecular weight excluding hydrogens is 1070 g/mol. The van der Waals surface area contributed by atoms with Crippen LogP contribution >= 0.6 is 0 Å². The van der Waals surface area contributed by atoms with Gasteiger partial charge in [-0.1, -0.05) is 247 Å². The molecule has 0 saturated carbocycles. The van der Waals surface area contributed by atoms with Gasteiger partial charge < -0.3 is 39.0 Å². The molecule has 6 atom stereocenters. The largest absolute Gasteiger partial charge is 0.479 e. The number of carbonyl (C=O) groups excluding carboxylic acids is 3. The maximum atomic E-state index is 13.2. The van der Waals surface area contributed by atoms with E-state index >= 15 is 0 Å². The van der Waals surface area contributed by atoms with Crippen molar-refractivity contribution in [2.45, 2.75) is 340 Å². The molecule has 1 saturated heterocycles. The van der Waals surface area contributed by atoms with Crippen LogP contribution in [0.1, 0.15) is 303 Å². The van der Waals surface area contributed by atoms with Gasteiger partial charge in [-0.3, -0.25) is 14.4 Å². The molecule has 0 aromatic carbocycles. The minimum atomic E-state index is -1.91. The minimum Gasteiger partial charge on any atom is -0.479 e. The first-order valence-electron chi connectivity index (χ1n) is 34.6. The number of unbranched alkanes of at least 4 members (excludes halogenated alkanes) is 31. The number of hydrogen-bond donors (Lipinski definition) is 3. The average Bonchev–Trinajstić information content (AvgIpc) is 3.51. The monoisotopic (exact) mass is 1190 g/mol. The Morgan fingerprint density at radius 1 is 0.388 bits per heavy atom. The van der Waals surface area contributed by atoms with Crippen molar-refractivity contribution in [3.8, 4) is 0 Å². The summed E-state index contributed by atoms with van der Waals surface area (Å²) in [7, 11) is 0. The van der Waals surface area contributed by atoms with E-state index in [1.54, 1.807) is 0 Å². The zero-order valence-electron chi connectivity index (χ0n) is 54.1. The van der Waals surface area contributed by atoms with Crippen molar-refractivity contribution in [1.82, 2.24) is 0 Å². The zero-order chi connectivity index (χ0) is 61.7. The molecule has 0 bridgehead atoms. The molecule has 0 aliphatic carbocycles. The lowest BCUT2D eigenvalue weighted by atomic mass is 9.98. The second-order valence-electron chi connectivity index (χ2n) is 23.5. The van der Waals surface area contributed by atoms with E-state index in [0.717, 1.165) is 135 Å². The number of hydrogen-bond acceptors (Lipinski definition) is 11. The van der Waals surface area contributed by atoms with E-state index in [4.69, 9.17) is 23.7 Å². The lowest BCUT2D eigenvalue weighted by molar-refractivity contribution is -0.301. The molecule has 12 heteroatoms. The van der Waals surface area contributed by atoms with Crippen molar-refractivity contribution in [3.63, 3.8) is 0 Å². The van der Waals surface area contributed by atoms with Gasteiger partial charge in [-0.25, -0.2) is 4.79 Å². The molecule has 12 nitrogen and oxygen atoms in total. The van der Waals surface area contributed by atoms with E-state index in [0.29, 0.717) is 19.3 Å². The second kappa shape index (κ2) is 60.2. The van der Waals surface area contributed by atoms with Crippen LogP contribution in [0.2, 0.25) is 0 Å². The van der Waals surface area contributed by atoms with Crippen molar-refractivity contribution in [1.29, 1.82) is 0 Å². The molecule has 0 aromatic rings. The SMILES string of the molecule is CCCCC/C=C\C/C=C\C/C=C\CCCCCCCCC(=O)OCC(COC1OC(C(=O)O)C(O)C(O)C1OC(=O)CCCCCCCCCCC/C=C\C/C=C\CCCCC)OC(=O)CCCCCCCCC/C=C\C/C=C\CCCCC. The molecule has 488 valence electrons. The number of aliphatic carboxylic acids is 1. The van der Waals surface area contributed by atoms with Gasteiger partial charge in [0.15, 0.2) is 24.6 Å². The van der Waals surface area contributed by atoms with Crippen LogP contribution in [-0.2, 0) is 42.9 Å². The van der Waals surface area contributed by atoms with E-state index in [1.165, 1.54) is 109 Å². The van der Waals surface area contributed by atoms with E-state index in [1.807, 2.05) is 0 Å². The number of carboxylic acids is 1. The molecule has 0 amide bonds. The van der Waals surface area contributed by atoms with Gasteiger partial charge in [-0.05, 0) is 122 Å². The van der Waals surface area contributed by atoms with Crippen molar-refractivity contribution < 1.29 is 58.2 Å². The molecule has 1 fully saturated rings. The van der Waals surface area contributed by atoms with Gasteiger partial charge in [0.25, 0.3) is 0 Å². The fourth-order valence-electron chi connectivity index (χ4n) is 10.1. The molecule has 6 unspecified atom stereocenters. The number of rotatable bonds is 59.